The molecule has 1 aromatic rings. The number of carbonyl (C=O) groups is 2. The molecule has 0 fully saturated rings. The number of benzene rings is 1. The zero-order valence-electron chi connectivity index (χ0n) is 21.7. The number of hydrogen-bond acceptors (Lipinski definition) is 2. The molecule has 0 aliphatic rings. The van der Waals surface area contributed by atoms with Gasteiger partial charge in [-0.1, -0.05) is 91.3 Å². The highest BCUT2D eigenvalue weighted by Crippen LogP contribution is 2.35. The van der Waals surface area contributed by atoms with Crippen molar-refractivity contribution < 1.29 is 19.8 Å². The number of aryl methyl sites for hydroxylation is 1. The van der Waals surface area contributed by atoms with Crippen molar-refractivity contribution in [2.24, 2.45) is 11.8 Å². The van der Waals surface area contributed by atoms with Crippen LogP contribution in [0.3, 0.4) is 0 Å². The molecule has 33 heavy (non-hydrogen) atoms. The van der Waals surface area contributed by atoms with E-state index in [1.807, 2.05) is 18.2 Å². The fourth-order valence-electron chi connectivity index (χ4n) is 4.51. The van der Waals surface area contributed by atoms with Gasteiger partial charge >= 0.3 is 11.9 Å². The maximum atomic E-state index is 12.3. The fraction of sp³-hybridized carbons (Fsp3) is 0.724. The molecule has 4 heteroatoms. The first-order valence-corrected chi connectivity index (χ1v) is 13.3. The first-order valence-electron chi connectivity index (χ1n) is 13.3. The molecule has 0 aromatic heterocycles. The van der Waals surface area contributed by atoms with Crippen LogP contribution in [-0.4, -0.2) is 22.2 Å². The van der Waals surface area contributed by atoms with Crippen molar-refractivity contribution in [1.29, 1.82) is 0 Å². The minimum Gasteiger partial charge on any atom is -0.481 e. The molecule has 0 aliphatic heterocycles. The zero-order valence-corrected chi connectivity index (χ0v) is 21.7. The molecule has 1 rings (SSSR count). The molecule has 0 bridgehead atoms. The smallest absolute Gasteiger partial charge is 0.310 e. The third-order valence-electron chi connectivity index (χ3n) is 6.63. The fourth-order valence-corrected chi connectivity index (χ4v) is 4.51. The van der Waals surface area contributed by atoms with Crippen LogP contribution in [0.1, 0.15) is 134 Å². The van der Waals surface area contributed by atoms with Crippen molar-refractivity contribution in [3.63, 3.8) is 0 Å². The first kappa shape index (κ1) is 29.2. The second-order valence-corrected chi connectivity index (χ2v) is 10.6. The SMILES string of the molecule is CCCCCCCCCc1ccc(C(CCC(C)C)C(=O)O)c(C(CCC(C)C)C(=O)O)c1. The molecule has 0 heterocycles. The molecule has 0 spiro atoms. The average molecular weight is 461 g/mol. The van der Waals surface area contributed by atoms with Gasteiger partial charge in [0.1, 0.15) is 0 Å². The van der Waals surface area contributed by atoms with E-state index in [2.05, 4.69) is 34.6 Å². The van der Waals surface area contributed by atoms with E-state index in [0.717, 1.165) is 36.8 Å². The summed E-state index contributed by atoms with van der Waals surface area (Å²) in [4.78, 5) is 24.5. The molecule has 4 nitrogen and oxygen atoms in total. The van der Waals surface area contributed by atoms with Crippen molar-refractivity contribution in [3.8, 4) is 0 Å². The van der Waals surface area contributed by atoms with Crippen LogP contribution in [0.4, 0.5) is 0 Å². The minimum absolute atomic E-state index is 0.405. The monoisotopic (exact) mass is 460 g/mol. The Kier molecular flexibility index (Phi) is 14.1. The normalized spacial score (nSPS) is 13.4. The van der Waals surface area contributed by atoms with E-state index < -0.39 is 23.8 Å². The highest BCUT2D eigenvalue weighted by molar-refractivity contribution is 5.80. The molecule has 0 saturated heterocycles. The van der Waals surface area contributed by atoms with Crippen molar-refractivity contribution in [2.45, 2.75) is 124 Å². The lowest BCUT2D eigenvalue weighted by Gasteiger charge is -2.23. The molecule has 0 amide bonds. The van der Waals surface area contributed by atoms with Crippen molar-refractivity contribution >= 4 is 11.9 Å². The quantitative estimate of drug-likeness (QED) is 0.217. The summed E-state index contributed by atoms with van der Waals surface area (Å²) in [6.45, 7) is 10.6. The predicted molar refractivity (Wildman–Crippen MR) is 137 cm³/mol. The van der Waals surface area contributed by atoms with Gasteiger partial charge in [-0.15, -0.1) is 0 Å². The van der Waals surface area contributed by atoms with Gasteiger partial charge in [-0.3, -0.25) is 9.59 Å². The Bertz CT molecular complexity index is 708. The van der Waals surface area contributed by atoms with Crippen molar-refractivity contribution in [3.05, 3.63) is 34.9 Å². The van der Waals surface area contributed by atoms with E-state index in [9.17, 15) is 19.8 Å². The van der Waals surface area contributed by atoms with Crippen molar-refractivity contribution in [2.75, 3.05) is 0 Å². The zero-order chi connectivity index (χ0) is 24.8. The highest BCUT2D eigenvalue weighted by atomic mass is 16.4. The van der Waals surface area contributed by atoms with Gasteiger partial charge in [0, 0.05) is 0 Å². The molecular formula is C29H48O4. The highest BCUT2D eigenvalue weighted by Gasteiger charge is 2.29. The maximum Gasteiger partial charge on any atom is 0.310 e. The molecule has 0 aliphatic carbocycles. The number of hydrogen-bond donors (Lipinski definition) is 2. The Morgan fingerprint density at radius 2 is 1.18 bits per heavy atom. The maximum absolute atomic E-state index is 12.3. The lowest BCUT2D eigenvalue weighted by Crippen LogP contribution is -2.20. The summed E-state index contributed by atoms with van der Waals surface area (Å²) >= 11 is 0. The van der Waals surface area contributed by atoms with Crippen LogP contribution in [0.15, 0.2) is 18.2 Å². The van der Waals surface area contributed by atoms with E-state index >= 15 is 0 Å². The Balaban J connectivity index is 3.13. The van der Waals surface area contributed by atoms with Gasteiger partial charge in [-0.05, 0) is 67.1 Å². The molecule has 0 saturated carbocycles. The summed E-state index contributed by atoms with van der Waals surface area (Å²) in [5.74, 6) is -2.21. The van der Waals surface area contributed by atoms with Crippen LogP contribution >= 0.6 is 0 Å². The van der Waals surface area contributed by atoms with Gasteiger partial charge in [0.2, 0.25) is 0 Å². The Morgan fingerprint density at radius 3 is 1.67 bits per heavy atom. The third kappa shape index (κ3) is 11.2. The first-order chi connectivity index (χ1) is 15.7. The Morgan fingerprint density at radius 1 is 0.697 bits per heavy atom. The Labute approximate surface area is 202 Å². The van der Waals surface area contributed by atoms with E-state index in [4.69, 9.17) is 0 Å². The van der Waals surface area contributed by atoms with Crippen LogP contribution in [0, 0.1) is 11.8 Å². The molecule has 1 aromatic carbocycles. The molecule has 0 radical (unpaired) electrons. The minimum atomic E-state index is -0.857. The van der Waals surface area contributed by atoms with Gasteiger partial charge in [-0.2, -0.15) is 0 Å². The largest absolute Gasteiger partial charge is 0.481 e. The Hall–Kier alpha value is -1.84. The molecule has 188 valence electrons. The van der Waals surface area contributed by atoms with E-state index in [1.54, 1.807) is 0 Å². The van der Waals surface area contributed by atoms with E-state index in [-0.39, 0.29) is 0 Å². The number of carboxylic acid groups (broad SMARTS) is 2. The summed E-state index contributed by atoms with van der Waals surface area (Å²) in [7, 11) is 0. The summed E-state index contributed by atoms with van der Waals surface area (Å²) in [6.07, 6.45) is 12.3. The number of rotatable bonds is 18. The van der Waals surface area contributed by atoms with E-state index in [1.165, 1.54) is 38.5 Å². The van der Waals surface area contributed by atoms with Gasteiger partial charge < -0.3 is 10.2 Å². The van der Waals surface area contributed by atoms with Gasteiger partial charge in [-0.25, -0.2) is 0 Å². The second-order valence-electron chi connectivity index (χ2n) is 10.6. The topological polar surface area (TPSA) is 74.6 Å². The van der Waals surface area contributed by atoms with Gasteiger partial charge in [0.05, 0.1) is 11.8 Å². The van der Waals surface area contributed by atoms with Crippen LogP contribution in [0.25, 0.3) is 0 Å². The summed E-state index contributed by atoms with van der Waals surface area (Å²) < 4.78 is 0. The number of carboxylic acids is 2. The predicted octanol–water partition coefficient (Wildman–Crippen LogP) is 8.19. The molecule has 2 atom stereocenters. The average Bonchev–Trinajstić information content (AvgIpc) is 2.73. The summed E-state index contributed by atoms with van der Waals surface area (Å²) in [5, 5.41) is 20.0. The molecule has 2 N–H and O–H groups in total. The van der Waals surface area contributed by atoms with Crippen LogP contribution in [0.5, 0.6) is 0 Å². The van der Waals surface area contributed by atoms with Crippen molar-refractivity contribution in [1.82, 2.24) is 0 Å². The third-order valence-corrected chi connectivity index (χ3v) is 6.63. The van der Waals surface area contributed by atoms with Gasteiger partial charge in [0.15, 0.2) is 0 Å². The lowest BCUT2D eigenvalue weighted by molar-refractivity contribution is -0.140. The number of aliphatic carboxylic acids is 2. The second kappa shape index (κ2) is 15.9. The molecule has 2 unspecified atom stereocenters. The summed E-state index contributed by atoms with van der Waals surface area (Å²) in [6, 6.07) is 5.95. The van der Waals surface area contributed by atoms with Crippen LogP contribution in [0.2, 0.25) is 0 Å². The lowest BCUT2D eigenvalue weighted by atomic mass is 9.80. The number of unbranched alkanes of at least 4 members (excludes halogenated alkanes) is 6. The standard InChI is InChI=1S/C29H48O4/c1-6-7-8-9-10-11-12-13-23-16-19-24(25(28(30)31)17-14-21(2)3)27(20-23)26(29(32)33)18-15-22(4)5/h16,19-22,25-26H,6-15,17-18H2,1-5H3,(H,30,31)(H,32,33). The van der Waals surface area contributed by atoms with Gasteiger partial charge in [0.25, 0.3) is 0 Å². The van der Waals surface area contributed by atoms with Crippen LogP contribution in [-0.2, 0) is 16.0 Å². The molecular weight excluding hydrogens is 412 g/mol. The van der Waals surface area contributed by atoms with E-state index in [0.29, 0.717) is 30.2 Å². The van der Waals surface area contributed by atoms with Crippen LogP contribution < -0.4 is 0 Å². The summed E-state index contributed by atoms with van der Waals surface area (Å²) in [5.41, 5.74) is 2.55.